The van der Waals surface area contributed by atoms with Crippen molar-refractivity contribution in [2.45, 2.75) is 31.6 Å². The number of ether oxygens (including phenoxy) is 2. The number of benzene rings is 2. The Kier molecular flexibility index (Phi) is 6.67. The molecule has 0 aromatic heterocycles. The predicted octanol–water partition coefficient (Wildman–Crippen LogP) is 3.36. The topological polar surface area (TPSA) is 84.9 Å². The van der Waals surface area contributed by atoms with E-state index >= 15 is 0 Å². The second-order valence-electron chi connectivity index (χ2n) is 7.58. The number of nitrogens with one attached hydrogen (secondary N) is 1. The minimum absolute atomic E-state index is 0.0414. The molecule has 1 aliphatic heterocycles. The van der Waals surface area contributed by atoms with Crippen LogP contribution in [0.3, 0.4) is 0 Å². The van der Waals surface area contributed by atoms with Crippen molar-refractivity contribution < 1.29 is 22.7 Å². The summed E-state index contributed by atoms with van der Waals surface area (Å²) in [5, 5.41) is 2.94. The average Bonchev–Trinajstić information content (AvgIpc) is 2.72. The number of anilines is 1. The van der Waals surface area contributed by atoms with Gasteiger partial charge in [0.15, 0.2) is 0 Å². The number of rotatable bonds is 6. The summed E-state index contributed by atoms with van der Waals surface area (Å²) in [6, 6.07) is 10.5. The molecule has 0 spiro atoms. The van der Waals surface area contributed by atoms with Crippen LogP contribution in [0.2, 0.25) is 0 Å². The third-order valence-corrected chi connectivity index (χ3v) is 7.12. The van der Waals surface area contributed by atoms with Crippen LogP contribution < -0.4 is 14.8 Å². The number of methoxy groups -OCH3 is 2. The van der Waals surface area contributed by atoms with E-state index in [2.05, 4.69) is 5.32 Å². The lowest BCUT2D eigenvalue weighted by atomic mass is 9.98. The van der Waals surface area contributed by atoms with E-state index in [0.717, 1.165) is 16.8 Å². The molecule has 1 aliphatic rings. The van der Waals surface area contributed by atoms with Crippen LogP contribution in [0.15, 0.2) is 41.3 Å². The first-order valence-electron chi connectivity index (χ1n) is 9.86. The van der Waals surface area contributed by atoms with Crippen LogP contribution in [0.4, 0.5) is 5.69 Å². The van der Waals surface area contributed by atoms with Gasteiger partial charge in [-0.2, -0.15) is 4.31 Å². The number of hydrogen-bond acceptors (Lipinski definition) is 5. The van der Waals surface area contributed by atoms with Crippen LogP contribution in [0.1, 0.15) is 24.0 Å². The highest BCUT2D eigenvalue weighted by Gasteiger charge is 2.35. The molecule has 162 valence electrons. The summed E-state index contributed by atoms with van der Waals surface area (Å²) in [5.74, 6) is 0.0801. The molecule has 8 heteroatoms. The van der Waals surface area contributed by atoms with Gasteiger partial charge in [-0.15, -0.1) is 0 Å². The van der Waals surface area contributed by atoms with E-state index in [9.17, 15) is 13.2 Å². The van der Waals surface area contributed by atoms with Crippen molar-refractivity contribution in [1.82, 2.24) is 4.31 Å². The molecule has 0 bridgehead atoms. The normalized spacial score (nSPS) is 17.4. The maximum atomic E-state index is 13.3. The number of carbonyl (C=O) groups excluding carboxylic acids is 1. The Labute approximate surface area is 178 Å². The van der Waals surface area contributed by atoms with E-state index in [-0.39, 0.29) is 23.1 Å². The standard InChI is InChI=1S/C22H28N2O5S/c1-15-10-16(2)12-18(11-15)23-22(25)17-6-5-9-24(14-17)30(26,27)21-13-19(28-3)7-8-20(21)29-4/h7-8,10-13,17H,5-6,9,14H2,1-4H3,(H,23,25)/t17-/m0/s1. The number of nitrogens with zero attached hydrogens (tertiary/aromatic N) is 1. The van der Waals surface area contributed by atoms with Crippen molar-refractivity contribution in [2.24, 2.45) is 5.92 Å². The number of aryl methyl sites for hydroxylation is 2. The minimum Gasteiger partial charge on any atom is -0.497 e. The van der Waals surface area contributed by atoms with E-state index in [1.807, 2.05) is 32.0 Å². The third-order valence-electron chi connectivity index (χ3n) is 5.23. The number of carbonyl (C=O) groups is 1. The molecule has 1 atom stereocenters. The third kappa shape index (κ3) is 4.76. The molecule has 0 saturated carbocycles. The molecule has 0 radical (unpaired) electrons. The van der Waals surface area contributed by atoms with Gasteiger partial charge in [0.25, 0.3) is 0 Å². The van der Waals surface area contributed by atoms with Gasteiger partial charge in [-0.1, -0.05) is 6.07 Å². The first-order chi connectivity index (χ1) is 14.2. The van der Waals surface area contributed by atoms with Gasteiger partial charge in [0.05, 0.1) is 20.1 Å². The zero-order valence-electron chi connectivity index (χ0n) is 17.8. The van der Waals surface area contributed by atoms with Crippen molar-refractivity contribution in [2.75, 3.05) is 32.6 Å². The Balaban J connectivity index is 1.80. The summed E-state index contributed by atoms with van der Waals surface area (Å²) in [7, 11) is -0.935. The predicted molar refractivity (Wildman–Crippen MR) is 116 cm³/mol. The minimum atomic E-state index is -3.84. The molecule has 0 aliphatic carbocycles. The van der Waals surface area contributed by atoms with Gasteiger partial charge in [-0.05, 0) is 62.1 Å². The summed E-state index contributed by atoms with van der Waals surface area (Å²) in [4.78, 5) is 12.9. The monoisotopic (exact) mass is 432 g/mol. The molecule has 30 heavy (non-hydrogen) atoms. The van der Waals surface area contributed by atoms with Crippen molar-refractivity contribution >= 4 is 21.6 Å². The van der Waals surface area contributed by atoms with Crippen LogP contribution >= 0.6 is 0 Å². The Morgan fingerprint density at radius 2 is 1.77 bits per heavy atom. The summed E-state index contributed by atoms with van der Waals surface area (Å²) in [6.07, 6.45) is 1.24. The Morgan fingerprint density at radius 1 is 1.07 bits per heavy atom. The molecule has 0 unspecified atom stereocenters. The lowest BCUT2D eigenvalue weighted by Crippen LogP contribution is -2.43. The van der Waals surface area contributed by atoms with Gasteiger partial charge in [0.1, 0.15) is 16.4 Å². The maximum absolute atomic E-state index is 13.3. The van der Waals surface area contributed by atoms with Crippen molar-refractivity contribution in [3.63, 3.8) is 0 Å². The highest BCUT2D eigenvalue weighted by Crippen LogP contribution is 2.33. The van der Waals surface area contributed by atoms with Gasteiger partial charge < -0.3 is 14.8 Å². The van der Waals surface area contributed by atoms with Crippen LogP contribution in [0, 0.1) is 19.8 Å². The Morgan fingerprint density at radius 3 is 2.40 bits per heavy atom. The van der Waals surface area contributed by atoms with E-state index < -0.39 is 15.9 Å². The fraction of sp³-hybridized carbons (Fsp3) is 0.409. The summed E-state index contributed by atoms with van der Waals surface area (Å²) in [6.45, 7) is 4.42. The SMILES string of the molecule is COc1ccc(OC)c(S(=O)(=O)N2CCC[C@H](C(=O)Nc3cc(C)cc(C)c3)C2)c1. The molecule has 1 saturated heterocycles. The van der Waals surface area contributed by atoms with Crippen LogP contribution in [-0.4, -0.2) is 45.9 Å². The van der Waals surface area contributed by atoms with Gasteiger partial charge in [0.2, 0.25) is 15.9 Å². The van der Waals surface area contributed by atoms with E-state index in [1.165, 1.54) is 24.6 Å². The number of piperidine rings is 1. The number of sulfonamides is 1. The second kappa shape index (κ2) is 9.06. The zero-order chi connectivity index (χ0) is 21.9. The Hall–Kier alpha value is -2.58. The largest absolute Gasteiger partial charge is 0.497 e. The molecule has 1 fully saturated rings. The second-order valence-corrected chi connectivity index (χ2v) is 9.49. The van der Waals surface area contributed by atoms with Crippen LogP contribution in [0.5, 0.6) is 11.5 Å². The molecule has 7 nitrogen and oxygen atoms in total. The average molecular weight is 433 g/mol. The molecule has 3 rings (SSSR count). The quantitative estimate of drug-likeness (QED) is 0.757. The van der Waals surface area contributed by atoms with E-state index in [4.69, 9.17) is 9.47 Å². The molecule has 1 heterocycles. The lowest BCUT2D eigenvalue weighted by molar-refractivity contribution is -0.120. The summed E-state index contributed by atoms with van der Waals surface area (Å²) < 4.78 is 38.4. The van der Waals surface area contributed by atoms with E-state index in [1.54, 1.807) is 12.1 Å². The van der Waals surface area contributed by atoms with Gasteiger partial charge in [-0.3, -0.25) is 4.79 Å². The number of hydrogen-bond donors (Lipinski definition) is 1. The highest BCUT2D eigenvalue weighted by atomic mass is 32.2. The molecular weight excluding hydrogens is 404 g/mol. The van der Waals surface area contributed by atoms with Crippen molar-refractivity contribution in [3.8, 4) is 11.5 Å². The maximum Gasteiger partial charge on any atom is 0.246 e. The molecular formula is C22H28N2O5S. The summed E-state index contributed by atoms with van der Waals surface area (Å²) in [5.41, 5.74) is 2.85. The highest BCUT2D eigenvalue weighted by molar-refractivity contribution is 7.89. The van der Waals surface area contributed by atoms with Crippen LogP contribution in [0.25, 0.3) is 0 Å². The molecule has 1 N–H and O–H groups in total. The molecule has 1 amide bonds. The fourth-order valence-corrected chi connectivity index (χ4v) is 5.49. The van der Waals surface area contributed by atoms with Gasteiger partial charge in [-0.25, -0.2) is 8.42 Å². The Bertz CT molecular complexity index is 1020. The van der Waals surface area contributed by atoms with Crippen molar-refractivity contribution in [1.29, 1.82) is 0 Å². The van der Waals surface area contributed by atoms with Gasteiger partial charge in [0, 0.05) is 24.8 Å². The van der Waals surface area contributed by atoms with E-state index in [0.29, 0.717) is 25.1 Å². The molecule has 2 aromatic carbocycles. The number of amides is 1. The first-order valence-corrected chi connectivity index (χ1v) is 11.3. The summed E-state index contributed by atoms with van der Waals surface area (Å²) >= 11 is 0. The zero-order valence-corrected chi connectivity index (χ0v) is 18.6. The smallest absolute Gasteiger partial charge is 0.246 e. The fourth-order valence-electron chi connectivity index (χ4n) is 3.79. The molecule has 2 aromatic rings. The lowest BCUT2D eigenvalue weighted by Gasteiger charge is -2.31. The van der Waals surface area contributed by atoms with Crippen molar-refractivity contribution in [3.05, 3.63) is 47.5 Å². The van der Waals surface area contributed by atoms with Gasteiger partial charge >= 0.3 is 0 Å². The van der Waals surface area contributed by atoms with Crippen LogP contribution in [-0.2, 0) is 14.8 Å². The first kappa shape index (κ1) is 22.1.